The molecular weight excluding hydrogens is 161 g/mol. The topological polar surface area (TPSA) is 50.2 Å². The standard InChI is InChI=1S/C6H8BNO2S/c1-3-8-4(2-5(9)10)6(7)11-3/h2,7H2,1H3,(H,9,10). The highest BCUT2D eigenvalue weighted by molar-refractivity contribution is 7.19. The lowest BCUT2D eigenvalue weighted by molar-refractivity contribution is -0.136. The van der Waals surface area contributed by atoms with Crippen molar-refractivity contribution in [1.82, 2.24) is 4.98 Å². The van der Waals surface area contributed by atoms with Crippen LogP contribution in [0.15, 0.2) is 0 Å². The van der Waals surface area contributed by atoms with Gasteiger partial charge in [-0.3, -0.25) is 4.79 Å². The second-order valence-corrected chi connectivity index (χ2v) is 3.71. The molecule has 0 bridgehead atoms. The summed E-state index contributed by atoms with van der Waals surface area (Å²) in [5.74, 6) is -0.821. The zero-order valence-electron chi connectivity index (χ0n) is 6.42. The van der Waals surface area contributed by atoms with E-state index in [9.17, 15) is 4.79 Å². The van der Waals surface area contributed by atoms with Gasteiger partial charge in [0, 0.05) is 0 Å². The lowest BCUT2D eigenvalue weighted by Crippen LogP contribution is -2.10. The number of aryl methyl sites for hydroxylation is 1. The van der Waals surface area contributed by atoms with Crippen molar-refractivity contribution in [2.75, 3.05) is 0 Å². The summed E-state index contributed by atoms with van der Waals surface area (Å²) in [4.78, 5) is 14.4. The second-order valence-electron chi connectivity index (χ2n) is 2.31. The summed E-state index contributed by atoms with van der Waals surface area (Å²) in [7, 11) is 1.89. The molecular formula is C6H8BNO2S. The van der Waals surface area contributed by atoms with Crippen molar-refractivity contribution >= 4 is 29.9 Å². The van der Waals surface area contributed by atoms with Gasteiger partial charge in [-0.1, -0.05) is 0 Å². The van der Waals surface area contributed by atoms with E-state index in [1.807, 2.05) is 14.8 Å². The van der Waals surface area contributed by atoms with E-state index in [0.29, 0.717) is 5.69 Å². The molecule has 11 heavy (non-hydrogen) atoms. The van der Waals surface area contributed by atoms with Gasteiger partial charge >= 0.3 is 5.97 Å². The maximum absolute atomic E-state index is 10.3. The average molecular weight is 169 g/mol. The van der Waals surface area contributed by atoms with Gasteiger partial charge in [-0.2, -0.15) is 0 Å². The number of nitrogens with zero attached hydrogens (tertiary/aromatic N) is 1. The third-order valence-electron chi connectivity index (χ3n) is 1.32. The van der Waals surface area contributed by atoms with Crippen molar-refractivity contribution < 1.29 is 9.90 Å². The molecule has 0 aliphatic rings. The number of hydrogen-bond donors (Lipinski definition) is 1. The van der Waals surface area contributed by atoms with Crippen LogP contribution in [0.4, 0.5) is 0 Å². The van der Waals surface area contributed by atoms with Crippen LogP contribution in [0.1, 0.15) is 10.7 Å². The van der Waals surface area contributed by atoms with Crippen molar-refractivity contribution in [2.24, 2.45) is 0 Å². The lowest BCUT2D eigenvalue weighted by atomic mass is 10.0. The summed E-state index contributed by atoms with van der Waals surface area (Å²) in [5, 5.41) is 9.39. The molecule has 0 aliphatic carbocycles. The Kier molecular flexibility index (Phi) is 2.29. The van der Waals surface area contributed by atoms with Crippen LogP contribution in [0.25, 0.3) is 0 Å². The Morgan fingerprint density at radius 2 is 2.45 bits per heavy atom. The molecule has 5 heteroatoms. The lowest BCUT2D eigenvalue weighted by Gasteiger charge is -1.89. The summed E-state index contributed by atoms with van der Waals surface area (Å²) in [6, 6.07) is 0. The third-order valence-corrected chi connectivity index (χ3v) is 2.25. The molecule has 0 atom stereocenters. The molecule has 1 N–H and O–H groups in total. The van der Waals surface area contributed by atoms with E-state index in [4.69, 9.17) is 5.11 Å². The fourth-order valence-electron chi connectivity index (χ4n) is 0.879. The van der Waals surface area contributed by atoms with E-state index in [1.165, 1.54) is 11.3 Å². The van der Waals surface area contributed by atoms with Gasteiger partial charge in [0.05, 0.1) is 17.1 Å². The molecule has 1 heterocycles. The number of aliphatic carboxylic acids is 1. The number of carbonyl (C=O) groups is 1. The first-order valence-electron chi connectivity index (χ1n) is 3.24. The van der Waals surface area contributed by atoms with E-state index in [1.54, 1.807) is 0 Å². The summed E-state index contributed by atoms with van der Waals surface area (Å²) < 4.78 is 1.00. The van der Waals surface area contributed by atoms with Crippen molar-refractivity contribution in [1.29, 1.82) is 0 Å². The molecule has 0 spiro atoms. The minimum atomic E-state index is -0.821. The van der Waals surface area contributed by atoms with Crippen LogP contribution in [0.3, 0.4) is 0 Å². The van der Waals surface area contributed by atoms with Gasteiger partial charge < -0.3 is 5.11 Å². The predicted molar refractivity (Wildman–Crippen MR) is 46.4 cm³/mol. The number of carboxylic acid groups (broad SMARTS) is 1. The highest BCUT2D eigenvalue weighted by Gasteiger charge is 2.07. The number of aromatic nitrogens is 1. The van der Waals surface area contributed by atoms with Gasteiger partial charge in [-0.15, -0.1) is 11.3 Å². The molecule has 0 fully saturated rings. The molecule has 0 aromatic carbocycles. The van der Waals surface area contributed by atoms with Crippen LogP contribution in [0.5, 0.6) is 0 Å². The van der Waals surface area contributed by atoms with Gasteiger partial charge in [0.2, 0.25) is 0 Å². The van der Waals surface area contributed by atoms with E-state index in [-0.39, 0.29) is 6.42 Å². The van der Waals surface area contributed by atoms with Gasteiger partial charge in [0.25, 0.3) is 0 Å². The van der Waals surface area contributed by atoms with Gasteiger partial charge in [-0.25, -0.2) is 4.98 Å². The minimum Gasteiger partial charge on any atom is -0.481 e. The van der Waals surface area contributed by atoms with Gasteiger partial charge in [-0.05, 0) is 11.7 Å². The molecule has 0 saturated heterocycles. The Bertz CT molecular complexity index is 284. The highest BCUT2D eigenvalue weighted by atomic mass is 32.1. The summed E-state index contributed by atoms with van der Waals surface area (Å²) in [6.07, 6.45) is 0.0379. The second kappa shape index (κ2) is 3.05. The Morgan fingerprint density at radius 1 is 1.82 bits per heavy atom. The fourth-order valence-corrected chi connectivity index (χ4v) is 1.71. The normalized spacial score (nSPS) is 9.91. The Labute approximate surface area is 69.5 Å². The van der Waals surface area contributed by atoms with Crippen molar-refractivity contribution in [3.8, 4) is 0 Å². The molecule has 0 aliphatic heterocycles. The molecule has 0 unspecified atom stereocenters. The summed E-state index contributed by atoms with van der Waals surface area (Å²) >= 11 is 1.54. The first-order chi connectivity index (χ1) is 5.09. The monoisotopic (exact) mass is 169 g/mol. The maximum atomic E-state index is 10.3. The zero-order valence-corrected chi connectivity index (χ0v) is 7.23. The van der Waals surface area contributed by atoms with E-state index in [2.05, 4.69) is 4.98 Å². The summed E-state index contributed by atoms with van der Waals surface area (Å²) in [5.41, 5.74) is 0.694. The average Bonchev–Trinajstić information content (AvgIpc) is 2.09. The summed E-state index contributed by atoms with van der Waals surface area (Å²) in [6.45, 7) is 1.88. The van der Waals surface area contributed by atoms with Crippen molar-refractivity contribution in [2.45, 2.75) is 13.3 Å². The van der Waals surface area contributed by atoms with Crippen molar-refractivity contribution in [3.63, 3.8) is 0 Å². The van der Waals surface area contributed by atoms with Crippen LogP contribution < -0.4 is 4.78 Å². The number of rotatable bonds is 2. The largest absolute Gasteiger partial charge is 0.481 e. The first kappa shape index (κ1) is 8.26. The maximum Gasteiger partial charge on any atom is 0.309 e. The molecule has 3 nitrogen and oxygen atoms in total. The number of hydrogen-bond acceptors (Lipinski definition) is 3. The molecule has 0 radical (unpaired) electrons. The van der Waals surface area contributed by atoms with Crippen LogP contribution in [-0.2, 0) is 11.2 Å². The van der Waals surface area contributed by atoms with Crippen LogP contribution in [0.2, 0.25) is 0 Å². The number of carboxylic acids is 1. The molecule has 58 valence electrons. The van der Waals surface area contributed by atoms with E-state index in [0.717, 1.165) is 9.78 Å². The van der Waals surface area contributed by atoms with Gasteiger partial charge in [0.15, 0.2) is 7.85 Å². The van der Waals surface area contributed by atoms with Gasteiger partial charge in [0.1, 0.15) is 0 Å². The van der Waals surface area contributed by atoms with E-state index >= 15 is 0 Å². The Balaban J connectivity index is 2.85. The van der Waals surface area contributed by atoms with E-state index < -0.39 is 5.97 Å². The quantitative estimate of drug-likeness (QED) is 0.597. The predicted octanol–water partition coefficient (Wildman–Crippen LogP) is -0.663. The highest BCUT2D eigenvalue weighted by Crippen LogP contribution is 2.04. The molecule has 1 aromatic rings. The molecule has 1 rings (SSSR count). The Morgan fingerprint density at radius 3 is 2.82 bits per heavy atom. The number of thiazole rings is 1. The third kappa shape index (κ3) is 2.05. The fraction of sp³-hybridized carbons (Fsp3) is 0.333. The SMILES string of the molecule is Bc1sc(C)nc1CC(=O)O. The molecule has 0 amide bonds. The molecule has 0 saturated carbocycles. The van der Waals surface area contributed by atoms with Crippen LogP contribution in [-0.4, -0.2) is 23.9 Å². The first-order valence-corrected chi connectivity index (χ1v) is 4.06. The molecule has 1 aromatic heterocycles. The Hall–Kier alpha value is -0.835. The van der Waals surface area contributed by atoms with Crippen LogP contribution >= 0.6 is 11.3 Å². The minimum absolute atomic E-state index is 0.0379. The zero-order chi connectivity index (χ0) is 8.43. The smallest absolute Gasteiger partial charge is 0.309 e. The van der Waals surface area contributed by atoms with Crippen LogP contribution in [0, 0.1) is 6.92 Å². The van der Waals surface area contributed by atoms with Crippen molar-refractivity contribution in [3.05, 3.63) is 10.7 Å².